The SMILES string of the molecule is Cc1cc(Br)cn(CC(O)CN)c1=O. The summed E-state index contributed by atoms with van der Waals surface area (Å²) in [7, 11) is 0. The van der Waals surface area contributed by atoms with Crippen LogP contribution in [-0.2, 0) is 6.54 Å². The van der Waals surface area contributed by atoms with Gasteiger partial charge in [0.05, 0.1) is 12.6 Å². The molecule has 1 unspecified atom stereocenters. The smallest absolute Gasteiger partial charge is 0.253 e. The third kappa shape index (κ3) is 2.67. The van der Waals surface area contributed by atoms with Crippen molar-refractivity contribution in [3.8, 4) is 0 Å². The van der Waals surface area contributed by atoms with Gasteiger partial charge in [0.15, 0.2) is 0 Å². The van der Waals surface area contributed by atoms with Crippen LogP contribution in [0.15, 0.2) is 21.5 Å². The van der Waals surface area contributed by atoms with E-state index in [1.807, 2.05) is 0 Å². The van der Waals surface area contributed by atoms with Gasteiger partial charge in [-0.2, -0.15) is 0 Å². The van der Waals surface area contributed by atoms with Crippen molar-refractivity contribution in [2.75, 3.05) is 6.54 Å². The lowest BCUT2D eigenvalue weighted by atomic mass is 10.3. The second-order valence-corrected chi connectivity index (χ2v) is 4.10. The first kappa shape index (κ1) is 11.4. The fourth-order valence-electron chi connectivity index (χ4n) is 1.18. The number of hydrogen-bond donors (Lipinski definition) is 2. The molecule has 14 heavy (non-hydrogen) atoms. The molecule has 0 aliphatic carbocycles. The highest BCUT2D eigenvalue weighted by Crippen LogP contribution is 2.08. The second kappa shape index (κ2) is 4.72. The second-order valence-electron chi connectivity index (χ2n) is 3.19. The molecule has 0 radical (unpaired) electrons. The highest BCUT2D eigenvalue weighted by atomic mass is 79.9. The summed E-state index contributed by atoms with van der Waals surface area (Å²) in [6.45, 7) is 2.12. The van der Waals surface area contributed by atoms with Crippen molar-refractivity contribution in [1.82, 2.24) is 4.57 Å². The number of hydrogen-bond acceptors (Lipinski definition) is 3. The predicted octanol–water partition coefficient (Wildman–Crippen LogP) is 0.239. The van der Waals surface area contributed by atoms with Gasteiger partial charge in [-0.3, -0.25) is 4.79 Å². The Hall–Kier alpha value is -0.650. The molecule has 1 heterocycles. The molecule has 0 aliphatic heterocycles. The molecule has 0 spiro atoms. The van der Waals surface area contributed by atoms with Gasteiger partial charge in [-0.15, -0.1) is 0 Å². The Morgan fingerprint density at radius 1 is 1.71 bits per heavy atom. The van der Waals surface area contributed by atoms with Gasteiger partial charge in [0.25, 0.3) is 5.56 Å². The van der Waals surface area contributed by atoms with E-state index in [0.29, 0.717) is 5.56 Å². The maximum atomic E-state index is 11.6. The van der Waals surface area contributed by atoms with Crippen LogP contribution in [0.1, 0.15) is 5.56 Å². The summed E-state index contributed by atoms with van der Waals surface area (Å²) in [6.07, 6.45) is 0.968. The van der Waals surface area contributed by atoms with E-state index in [-0.39, 0.29) is 18.6 Å². The van der Waals surface area contributed by atoms with E-state index in [4.69, 9.17) is 5.73 Å². The number of aliphatic hydroxyl groups excluding tert-OH is 1. The molecule has 1 aromatic heterocycles. The number of aryl methyl sites for hydroxylation is 1. The summed E-state index contributed by atoms with van der Waals surface area (Å²) in [4.78, 5) is 11.6. The molecule has 0 aliphatic rings. The lowest BCUT2D eigenvalue weighted by molar-refractivity contribution is 0.160. The number of aromatic nitrogens is 1. The van der Waals surface area contributed by atoms with Crippen molar-refractivity contribution in [2.24, 2.45) is 5.73 Å². The van der Waals surface area contributed by atoms with Gasteiger partial charge in [-0.05, 0) is 28.9 Å². The van der Waals surface area contributed by atoms with Crippen molar-refractivity contribution in [3.63, 3.8) is 0 Å². The Balaban J connectivity index is 3.02. The number of nitrogens with two attached hydrogens (primary N) is 1. The normalized spacial score (nSPS) is 12.9. The number of aliphatic hydroxyl groups is 1. The van der Waals surface area contributed by atoms with Crippen molar-refractivity contribution in [1.29, 1.82) is 0 Å². The number of rotatable bonds is 3. The van der Waals surface area contributed by atoms with Crippen LogP contribution in [0.3, 0.4) is 0 Å². The maximum Gasteiger partial charge on any atom is 0.253 e. The molecule has 0 saturated heterocycles. The Morgan fingerprint density at radius 3 is 2.93 bits per heavy atom. The average molecular weight is 261 g/mol. The van der Waals surface area contributed by atoms with Crippen molar-refractivity contribution >= 4 is 15.9 Å². The van der Waals surface area contributed by atoms with Gasteiger partial charge in [0, 0.05) is 22.8 Å². The Kier molecular flexibility index (Phi) is 3.86. The van der Waals surface area contributed by atoms with Crippen LogP contribution in [0.25, 0.3) is 0 Å². The summed E-state index contributed by atoms with van der Waals surface area (Å²) in [5.41, 5.74) is 5.81. The lowest BCUT2D eigenvalue weighted by Gasteiger charge is -2.11. The zero-order valence-electron chi connectivity index (χ0n) is 7.90. The Bertz CT molecular complexity index is 376. The molecule has 4 nitrogen and oxygen atoms in total. The minimum absolute atomic E-state index is 0.0966. The topological polar surface area (TPSA) is 68.2 Å². The van der Waals surface area contributed by atoms with Crippen molar-refractivity contribution in [3.05, 3.63) is 32.7 Å². The zero-order chi connectivity index (χ0) is 10.7. The molecule has 5 heteroatoms. The summed E-state index contributed by atoms with van der Waals surface area (Å²) in [6, 6.07) is 1.74. The lowest BCUT2D eigenvalue weighted by Crippen LogP contribution is -2.31. The summed E-state index contributed by atoms with van der Waals surface area (Å²) in [5, 5.41) is 9.32. The van der Waals surface area contributed by atoms with Gasteiger partial charge in [-0.25, -0.2) is 0 Å². The Labute approximate surface area is 90.5 Å². The van der Waals surface area contributed by atoms with Crippen molar-refractivity contribution in [2.45, 2.75) is 19.6 Å². The fourth-order valence-corrected chi connectivity index (χ4v) is 1.77. The fraction of sp³-hybridized carbons (Fsp3) is 0.444. The van der Waals surface area contributed by atoms with E-state index in [2.05, 4.69) is 15.9 Å². The van der Waals surface area contributed by atoms with E-state index in [0.717, 1.165) is 4.47 Å². The van der Waals surface area contributed by atoms with Gasteiger partial charge < -0.3 is 15.4 Å². The highest BCUT2D eigenvalue weighted by Gasteiger charge is 2.06. The van der Waals surface area contributed by atoms with Crippen LogP contribution in [0.4, 0.5) is 0 Å². The minimum atomic E-state index is -0.679. The van der Waals surface area contributed by atoms with Crippen LogP contribution in [0, 0.1) is 6.92 Å². The maximum absolute atomic E-state index is 11.6. The molecule has 1 atom stereocenters. The first-order valence-corrected chi connectivity index (χ1v) is 5.08. The molecule has 1 rings (SSSR count). The quantitative estimate of drug-likeness (QED) is 0.818. The van der Waals surface area contributed by atoms with Gasteiger partial charge in [0.2, 0.25) is 0 Å². The van der Waals surface area contributed by atoms with E-state index in [1.54, 1.807) is 19.2 Å². The molecule has 0 bridgehead atoms. The van der Waals surface area contributed by atoms with Crippen LogP contribution < -0.4 is 11.3 Å². The average Bonchev–Trinajstić information content (AvgIpc) is 2.13. The molecule has 0 saturated carbocycles. The van der Waals surface area contributed by atoms with Gasteiger partial charge in [0.1, 0.15) is 0 Å². The van der Waals surface area contributed by atoms with Crippen molar-refractivity contribution < 1.29 is 5.11 Å². The van der Waals surface area contributed by atoms with Crippen LogP contribution in [0.2, 0.25) is 0 Å². The van der Waals surface area contributed by atoms with E-state index in [9.17, 15) is 9.90 Å². The monoisotopic (exact) mass is 260 g/mol. The largest absolute Gasteiger partial charge is 0.390 e. The number of pyridine rings is 1. The minimum Gasteiger partial charge on any atom is -0.390 e. The van der Waals surface area contributed by atoms with Gasteiger partial charge in [-0.1, -0.05) is 0 Å². The van der Waals surface area contributed by atoms with E-state index in [1.165, 1.54) is 4.57 Å². The van der Waals surface area contributed by atoms with Crippen LogP contribution >= 0.6 is 15.9 Å². The Morgan fingerprint density at radius 2 is 2.36 bits per heavy atom. The first-order valence-electron chi connectivity index (χ1n) is 4.29. The molecule has 0 fully saturated rings. The van der Waals surface area contributed by atoms with E-state index < -0.39 is 6.10 Å². The molecule has 3 N–H and O–H groups in total. The molecule has 1 aromatic rings. The molecular formula is C9H13BrN2O2. The molecule has 0 amide bonds. The standard InChI is InChI=1S/C9H13BrN2O2/c1-6-2-7(10)4-12(9(6)14)5-8(13)3-11/h2,4,8,13H,3,5,11H2,1H3. The third-order valence-electron chi connectivity index (χ3n) is 1.91. The number of halogens is 1. The van der Waals surface area contributed by atoms with Crippen LogP contribution in [-0.4, -0.2) is 22.3 Å². The van der Waals surface area contributed by atoms with Crippen LogP contribution in [0.5, 0.6) is 0 Å². The molecule has 78 valence electrons. The summed E-state index contributed by atoms with van der Waals surface area (Å²) in [5.74, 6) is 0. The molecule has 0 aromatic carbocycles. The molecular weight excluding hydrogens is 248 g/mol. The van der Waals surface area contributed by atoms with Gasteiger partial charge >= 0.3 is 0 Å². The third-order valence-corrected chi connectivity index (χ3v) is 2.34. The number of nitrogens with zero attached hydrogens (tertiary/aromatic N) is 1. The summed E-state index contributed by atoms with van der Waals surface area (Å²) < 4.78 is 2.27. The predicted molar refractivity (Wildman–Crippen MR) is 58.2 cm³/mol. The highest BCUT2D eigenvalue weighted by molar-refractivity contribution is 9.10. The zero-order valence-corrected chi connectivity index (χ0v) is 9.49. The van der Waals surface area contributed by atoms with E-state index >= 15 is 0 Å². The first-order chi connectivity index (χ1) is 6.54. The summed E-state index contributed by atoms with van der Waals surface area (Å²) >= 11 is 3.29.